The molecule has 4 rings (SSSR count). The molecule has 0 unspecified atom stereocenters. The standard InChI is InChI=1S/C26H27N3O4/c30-23(10-9-22-7-4-18-33-22)27-19-25(32)29-17-14-26(20-29)12-15-28(16-13-26)24(31)11-8-21-5-2-1-3-6-21/h1-7,9-10,18H,12-17,19-20H2,(H,27,30)/b10-9-. The summed E-state index contributed by atoms with van der Waals surface area (Å²) in [6.45, 7) is 2.62. The number of nitrogens with zero attached hydrogens (tertiary/aromatic N) is 2. The van der Waals surface area contributed by atoms with Crippen LogP contribution in [0.15, 0.2) is 59.2 Å². The highest BCUT2D eigenvalue weighted by molar-refractivity contribution is 5.94. The second-order valence-corrected chi connectivity index (χ2v) is 8.54. The molecular weight excluding hydrogens is 418 g/mol. The maximum atomic E-state index is 12.6. The SMILES string of the molecule is O=C(/C=C\c1ccco1)NCC(=O)N1CCC2(CCN(C(=O)C#Cc3ccccc3)CC2)C1. The third-order valence-corrected chi connectivity index (χ3v) is 6.35. The quantitative estimate of drug-likeness (QED) is 0.578. The van der Waals surface area contributed by atoms with Crippen molar-refractivity contribution in [1.29, 1.82) is 0 Å². The summed E-state index contributed by atoms with van der Waals surface area (Å²) in [5.74, 6) is 5.68. The number of likely N-dealkylation sites (tertiary alicyclic amines) is 2. The van der Waals surface area contributed by atoms with E-state index in [1.165, 1.54) is 12.3 Å². The Labute approximate surface area is 193 Å². The Morgan fingerprint density at radius 1 is 1.00 bits per heavy atom. The Bertz CT molecular complexity index is 1070. The largest absolute Gasteiger partial charge is 0.465 e. The molecule has 1 spiro atoms. The highest BCUT2D eigenvalue weighted by Crippen LogP contribution is 2.40. The number of carbonyl (C=O) groups is 3. The molecule has 0 bridgehead atoms. The van der Waals surface area contributed by atoms with Gasteiger partial charge in [0.25, 0.3) is 5.91 Å². The zero-order chi connectivity index (χ0) is 23.1. The number of hydrogen-bond acceptors (Lipinski definition) is 4. The van der Waals surface area contributed by atoms with Crippen molar-refractivity contribution in [3.8, 4) is 11.8 Å². The van der Waals surface area contributed by atoms with Crippen LogP contribution in [0.25, 0.3) is 6.08 Å². The number of furan rings is 1. The van der Waals surface area contributed by atoms with Crippen LogP contribution in [0.4, 0.5) is 0 Å². The van der Waals surface area contributed by atoms with Gasteiger partial charge in [-0.15, -0.1) is 0 Å². The first kappa shape index (κ1) is 22.4. The Balaban J connectivity index is 1.22. The summed E-state index contributed by atoms with van der Waals surface area (Å²) in [7, 11) is 0. The first-order valence-corrected chi connectivity index (χ1v) is 11.2. The van der Waals surface area contributed by atoms with Crippen molar-refractivity contribution >= 4 is 23.8 Å². The van der Waals surface area contributed by atoms with Crippen molar-refractivity contribution in [3.63, 3.8) is 0 Å². The molecule has 1 aromatic carbocycles. The molecule has 2 fully saturated rings. The Kier molecular flexibility index (Phi) is 6.94. The monoisotopic (exact) mass is 445 g/mol. The molecule has 2 aliphatic heterocycles. The van der Waals surface area contributed by atoms with Gasteiger partial charge in [-0.1, -0.05) is 24.1 Å². The second kappa shape index (κ2) is 10.2. The van der Waals surface area contributed by atoms with E-state index < -0.39 is 0 Å². The van der Waals surface area contributed by atoms with Gasteiger partial charge in [0, 0.05) is 43.7 Å². The van der Waals surface area contributed by atoms with Gasteiger partial charge < -0.3 is 19.5 Å². The van der Waals surface area contributed by atoms with Crippen molar-refractivity contribution in [1.82, 2.24) is 15.1 Å². The van der Waals surface area contributed by atoms with Gasteiger partial charge in [-0.2, -0.15) is 0 Å². The van der Waals surface area contributed by atoms with Gasteiger partial charge in [0.15, 0.2) is 0 Å². The van der Waals surface area contributed by atoms with Crippen molar-refractivity contribution in [2.24, 2.45) is 5.41 Å². The molecule has 1 N–H and O–H groups in total. The highest BCUT2D eigenvalue weighted by atomic mass is 16.3. The summed E-state index contributed by atoms with van der Waals surface area (Å²) >= 11 is 0. The Morgan fingerprint density at radius 3 is 2.42 bits per heavy atom. The van der Waals surface area contributed by atoms with Crippen LogP contribution in [0.5, 0.6) is 0 Å². The van der Waals surface area contributed by atoms with E-state index in [1.54, 1.807) is 23.1 Å². The molecule has 33 heavy (non-hydrogen) atoms. The normalized spacial score (nSPS) is 17.1. The maximum absolute atomic E-state index is 12.6. The predicted octanol–water partition coefficient (Wildman–Crippen LogP) is 2.30. The molecular formula is C26H27N3O4. The van der Waals surface area contributed by atoms with Crippen molar-refractivity contribution < 1.29 is 18.8 Å². The summed E-state index contributed by atoms with van der Waals surface area (Å²) in [5.41, 5.74) is 0.871. The first-order chi connectivity index (χ1) is 16.0. The van der Waals surface area contributed by atoms with Gasteiger partial charge in [0.2, 0.25) is 11.8 Å². The third kappa shape index (κ3) is 5.92. The van der Waals surface area contributed by atoms with Gasteiger partial charge in [0.05, 0.1) is 12.8 Å². The first-order valence-electron chi connectivity index (χ1n) is 11.2. The van der Waals surface area contributed by atoms with Crippen molar-refractivity contribution in [3.05, 3.63) is 66.1 Å². The molecule has 0 aliphatic carbocycles. The average molecular weight is 446 g/mol. The zero-order valence-corrected chi connectivity index (χ0v) is 18.5. The number of rotatable bonds is 4. The Hall–Kier alpha value is -3.79. The minimum atomic E-state index is -0.336. The molecule has 2 aliphatic rings. The van der Waals surface area contributed by atoms with Gasteiger partial charge in [0.1, 0.15) is 5.76 Å². The Morgan fingerprint density at radius 2 is 1.73 bits per heavy atom. The van der Waals surface area contributed by atoms with E-state index in [0.29, 0.717) is 31.9 Å². The lowest BCUT2D eigenvalue weighted by Gasteiger charge is -2.38. The molecule has 170 valence electrons. The molecule has 0 atom stereocenters. The number of benzene rings is 1. The number of hydrogen-bond donors (Lipinski definition) is 1. The summed E-state index contributed by atoms with van der Waals surface area (Å²) in [6, 6.07) is 13.0. The van der Waals surface area contributed by atoms with Crippen LogP contribution in [0.1, 0.15) is 30.6 Å². The highest BCUT2D eigenvalue weighted by Gasteiger charge is 2.42. The predicted molar refractivity (Wildman–Crippen MR) is 124 cm³/mol. The van der Waals surface area contributed by atoms with Crippen LogP contribution in [0.2, 0.25) is 0 Å². The lowest BCUT2D eigenvalue weighted by atomic mass is 9.78. The summed E-state index contributed by atoms with van der Waals surface area (Å²) in [5, 5.41) is 2.64. The van der Waals surface area contributed by atoms with Crippen LogP contribution in [-0.2, 0) is 14.4 Å². The summed E-state index contributed by atoms with van der Waals surface area (Å²) < 4.78 is 5.14. The molecule has 0 saturated carbocycles. The van der Waals surface area contributed by atoms with E-state index in [-0.39, 0.29) is 29.7 Å². The van der Waals surface area contributed by atoms with Gasteiger partial charge in [-0.25, -0.2) is 0 Å². The minimum absolute atomic E-state index is 0.0307. The van der Waals surface area contributed by atoms with Gasteiger partial charge in [-0.05, 0) is 55.0 Å². The molecule has 3 heterocycles. The van der Waals surface area contributed by atoms with E-state index in [0.717, 1.165) is 24.8 Å². The smallest absolute Gasteiger partial charge is 0.298 e. The van der Waals surface area contributed by atoms with Gasteiger partial charge in [-0.3, -0.25) is 14.4 Å². The number of nitrogens with one attached hydrogen (secondary N) is 1. The molecule has 2 aromatic rings. The summed E-state index contributed by atoms with van der Waals surface area (Å²) in [4.78, 5) is 40.6. The van der Waals surface area contributed by atoms with E-state index >= 15 is 0 Å². The fourth-order valence-corrected chi connectivity index (χ4v) is 4.34. The van der Waals surface area contributed by atoms with Crippen LogP contribution in [-0.4, -0.2) is 60.2 Å². The maximum Gasteiger partial charge on any atom is 0.298 e. The topological polar surface area (TPSA) is 82.9 Å². The van der Waals surface area contributed by atoms with Crippen LogP contribution in [0.3, 0.4) is 0 Å². The van der Waals surface area contributed by atoms with E-state index in [1.807, 2.05) is 35.2 Å². The molecule has 3 amide bonds. The van der Waals surface area contributed by atoms with Crippen LogP contribution >= 0.6 is 0 Å². The minimum Gasteiger partial charge on any atom is -0.465 e. The molecule has 1 aromatic heterocycles. The molecule has 7 nitrogen and oxygen atoms in total. The van der Waals surface area contributed by atoms with Crippen LogP contribution in [0, 0.1) is 17.3 Å². The number of carbonyl (C=O) groups excluding carboxylic acids is 3. The molecule has 0 radical (unpaired) electrons. The number of piperidine rings is 1. The molecule has 2 saturated heterocycles. The van der Waals surface area contributed by atoms with E-state index in [2.05, 4.69) is 17.2 Å². The zero-order valence-electron chi connectivity index (χ0n) is 18.5. The van der Waals surface area contributed by atoms with Crippen molar-refractivity contribution in [2.45, 2.75) is 19.3 Å². The average Bonchev–Trinajstić information content (AvgIpc) is 3.51. The van der Waals surface area contributed by atoms with Crippen LogP contribution < -0.4 is 5.32 Å². The van der Waals surface area contributed by atoms with E-state index in [4.69, 9.17) is 4.42 Å². The van der Waals surface area contributed by atoms with E-state index in [9.17, 15) is 14.4 Å². The molecule has 7 heteroatoms. The van der Waals surface area contributed by atoms with Crippen molar-refractivity contribution in [2.75, 3.05) is 32.7 Å². The third-order valence-electron chi connectivity index (χ3n) is 6.35. The summed E-state index contributed by atoms with van der Waals surface area (Å²) in [6.07, 6.45) is 7.07. The number of amides is 3. The lowest BCUT2D eigenvalue weighted by Crippen LogP contribution is -2.45. The fourth-order valence-electron chi connectivity index (χ4n) is 4.34. The van der Waals surface area contributed by atoms with Gasteiger partial charge >= 0.3 is 0 Å². The lowest BCUT2D eigenvalue weighted by molar-refractivity contribution is -0.132. The second-order valence-electron chi connectivity index (χ2n) is 8.54. The fraction of sp³-hybridized carbons (Fsp3) is 0.346.